The number of hydrogen-bond donors (Lipinski definition) is 1. The third kappa shape index (κ3) is 2.63. The van der Waals surface area contributed by atoms with Gasteiger partial charge in [0.2, 0.25) is 0 Å². The maximum Gasteiger partial charge on any atom is 0.123 e. The maximum atomic E-state index is 6.01. The first-order valence-electron chi connectivity index (χ1n) is 4.78. The number of halogens is 1. The highest BCUT2D eigenvalue weighted by atomic mass is 35.5. The van der Waals surface area contributed by atoms with E-state index in [1.165, 1.54) is 0 Å². The molecule has 14 heavy (non-hydrogen) atoms. The molecule has 78 valence electrons. The van der Waals surface area contributed by atoms with Gasteiger partial charge >= 0.3 is 0 Å². The van der Waals surface area contributed by atoms with E-state index in [0.29, 0.717) is 5.02 Å². The number of hydrogen-bond acceptors (Lipinski definition) is 2. The van der Waals surface area contributed by atoms with Gasteiger partial charge in [0.25, 0.3) is 0 Å². The van der Waals surface area contributed by atoms with Gasteiger partial charge in [-0.1, -0.05) is 24.9 Å². The summed E-state index contributed by atoms with van der Waals surface area (Å²) >= 11 is 5.91. The van der Waals surface area contributed by atoms with E-state index in [-0.39, 0.29) is 6.04 Å². The predicted octanol–water partition coefficient (Wildman–Crippen LogP) is 3.15. The van der Waals surface area contributed by atoms with Crippen molar-refractivity contribution in [1.29, 1.82) is 0 Å². The SMILES string of the molecule is CCC[C@H](N)c1cc(Cl)ccc1OC. The Hall–Kier alpha value is -0.730. The minimum atomic E-state index is 0.00801. The fourth-order valence-electron chi connectivity index (χ4n) is 1.46. The first-order valence-corrected chi connectivity index (χ1v) is 5.15. The van der Waals surface area contributed by atoms with Crippen LogP contribution in [0.1, 0.15) is 31.4 Å². The van der Waals surface area contributed by atoms with E-state index in [9.17, 15) is 0 Å². The number of benzene rings is 1. The van der Waals surface area contributed by atoms with Crippen LogP contribution in [0.5, 0.6) is 5.75 Å². The molecule has 0 spiro atoms. The van der Waals surface area contributed by atoms with Gasteiger partial charge in [-0.05, 0) is 24.6 Å². The summed E-state index contributed by atoms with van der Waals surface area (Å²) in [5.41, 5.74) is 7.00. The molecule has 0 saturated carbocycles. The molecule has 0 unspecified atom stereocenters. The number of rotatable bonds is 4. The summed E-state index contributed by atoms with van der Waals surface area (Å²) in [6.07, 6.45) is 1.99. The maximum absolute atomic E-state index is 6.01. The molecule has 0 fully saturated rings. The Bertz CT molecular complexity index is 301. The average molecular weight is 214 g/mol. The van der Waals surface area contributed by atoms with Gasteiger partial charge in [-0.25, -0.2) is 0 Å². The van der Waals surface area contributed by atoms with E-state index < -0.39 is 0 Å². The highest BCUT2D eigenvalue weighted by Crippen LogP contribution is 2.29. The van der Waals surface area contributed by atoms with Crippen molar-refractivity contribution in [2.45, 2.75) is 25.8 Å². The Kier molecular flexibility index (Phi) is 4.23. The van der Waals surface area contributed by atoms with Crippen LogP contribution >= 0.6 is 11.6 Å². The zero-order chi connectivity index (χ0) is 10.6. The topological polar surface area (TPSA) is 35.2 Å². The van der Waals surface area contributed by atoms with Gasteiger partial charge < -0.3 is 10.5 Å². The van der Waals surface area contributed by atoms with Gasteiger partial charge in [-0.3, -0.25) is 0 Å². The summed E-state index contributed by atoms with van der Waals surface area (Å²) < 4.78 is 5.23. The van der Waals surface area contributed by atoms with Crippen LogP contribution in [0.3, 0.4) is 0 Å². The molecule has 2 N–H and O–H groups in total. The zero-order valence-electron chi connectivity index (χ0n) is 8.59. The molecule has 0 aliphatic rings. The van der Waals surface area contributed by atoms with Crippen LogP contribution in [0.15, 0.2) is 18.2 Å². The molecule has 0 bridgehead atoms. The molecule has 0 heterocycles. The highest BCUT2D eigenvalue weighted by molar-refractivity contribution is 6.30. The van der Waals surface area contributed by atoms with E-state index in [4.69, 9.17) is 22.1 Å². The van der Waals surface area contributed by atoms with Crippen molar-refractivity contribution in [3.8, 4) is 5.75 Å². The molecular formula is C11H16ClNO. The van der Waals surface area contributed by atoms with Gasteiger partial charge in [-0.2, -0.15) is 0 Å². The lowest BCUT2D eigenvalue weighted by atomic mass is 10.0. The fraction of sp³-hybridized carbons (Fsp3) is 0.455. The van der Waals surface area contributed by atoms with E-state index in [2.05, 4.69) is 6.92 Å². The lowest BCUT2D eigenvalue weighted by molar-refractivity contribution is 0.404. The van der Waals surface area contributed by atoms with Crippen LogP contribution in [-0.2, 0) is 0 Å². The predicted molar refractivity (Wildman–Crippen MR) is 59.8 cm³/mol. The largest absolute Gasteiger partial charge is 0.496 e. The quantitative estimate of drug-likeness (QED) is 0.834. The lowest BCUT2D eigenvalue weighted by Crippen LogP contribution is -2.11. The van der Waals surface area contributed by atoms with Crippen molar-refractivity contribution in [3.63, 3.8) is 0 Å². The van der Waals surface area contributed by atoms with Crippen LogP contribution in [0.2, 0.25) is 5.02 Å². The Morgan fingerprint density at radius 1 is 1.50 bits per heavy atom. The van der Waals surface area contributed by atoms with Crippen molar-refractivity contribution >= 4 is 11.6 Å². The number of methoxy groups -OCH3 is 1. The minimum Gasteiger partial charge on any atom is -0.496 e. The van der Waals surface area contributed by atoms with Crippen molar-refractivity contribution in [2.75, 3.05) is 7.11 Å². The van der Waals surface area contributed by atoms with E-state index in [1.807, 2.05) is 18.2 Å². The molecular weight excluding hydrogens is 198 g/mol. The third-order valence-electron chi connectivity index (χ3n) is 2.19. The summed E-state index contributed by atoms with van der Waals surface area (Å²) in [7, 11) is 1.64. The Labute approximate surface area is 90.0 Å². The molecule has 1 aromatic carbocycles. The monoisotopic (exact) mass is 213 g/mol. The van der Waals surface area contributed by atoms with Crippen LogP contribution < -0.4 is 10.5 Å². The second-order valence-corrected chi connectivity index (χ2v) is 3.72. The highest BCUT2D eigenvalue weighted by Gasteiger charge is 2.11. The average Bonchev–Trinajstić information content (AvgIpc) is 2.18. The molecule has 0 amide bonds. The Morgan fingerprint density at radius 2 is 2.21 bits per heavy atom. The molecule has 1 atom stereocenters. The molecule has 0 aliphatic carbocycles. The van der Waals surface area contributed by atoms with Crippen LogP contribution in [0, 0.1) is 0 Å². The molecule has 3 heteroatoms. The van der Waals surface area contributed by atoms with Gasteiger partial charge in [0.05, 0.1) is 7.11 Å². The minimum absolute atomic E-state index is 0.00801. The second-order valence-electron chi connectivity index (χ2n) is 3.28. The first-order chi connectivity index (χ1) is 6.69. The summed E-state index contributed by atoms with van der Waals surface area (Å²) in [6, 6.07) is 5.55. The lowest BCUT2D eigenvalue weighted by Gasteiger charge is -2.15. The van der Waals surface area contributed by atoms with Crippen LogP contribution in [0.25, 0.3) is 0 Å². The van der Waals surface area contributed by atoms with Crippen molar-refractivity contribution in [2.24, 2.45) is 5.73 Å². The summed E-state index contributed by atoms with van der Waals surface area (Å²) in [4.78, 5) is 0. The summed E-state index contributed by atoms with van der Waals surface area (Å²) in [5.74, 6) is 0.815. The summed E-state index contributed by atoms with van der Waals surface area (Å²) in [6.45, 7) is 2.11. The van der Waals surface area contributed by atoms with Gasteiger partial charge in [0.15, 0.2) is 0 Å². The smallest absolute Gasteiger partial charge is 0.123 e. The molecule has 1 aromatic rings. The van der Waals surface area contributed by atoms with Gasteiger partial charge in [0.1, 0.15) is 5.75 Å². The van der Waals surface area contributed by atoms with E-state index in [0.717, 1.165) is 24.2 Å². The van der Waals surface area contributed by atoms with Gasteiger partial charge in [-0.15, -0.1) is 0 Å². The summed E-state index contributed by atoms with van der Waals surface area (Å²) in [5, 5.41) is 0.701. The molecule has 0 aromatic heterocycles. The number of nitrogens with two attached hydrogens (primary N) is 1. The van der Waals surface area contributed by atoms with E-state index in [1.54, 1.807) is 7.11 Å². The van der Waals surface area contributed by atoms with Crippen molar-refractivity contribution in [1.82, 2.24) is 0 Å². The molecule has 2 nitrogen and oxygen atoms in total. The third-order valence-corrected chi connectivity index (χ3v) is 2.43. The number of ether oxygens (including phenoxy) is 1. The van der Waals surface area contributed by atoms with Crippen molar-refractivity contribution < 1.29 is 4.74 Å². The zero-order valence-corrected chi connectivity index (χ0v) is 9.34. The Morgan fingerprint density at radius 3 is 2.79 bits per heavy atom. The normalized spacial score (nSPS) is 12.6. The van der Waals surface area contributed by atoms with Gasteiger partial charge in [0, 0.05) is 16.6 Å². The van der Waals surface area contributed by atoms with E-state index >= 15 is 0 Å². The standard InChI is InChI=1S/C11H16ClNO/c1-3-4-10(13)9-7-8(12)5-6-11(9)14-2/h5-7,10H,3-4,13H2,1-2H3/t10-/m0/s1. The van der Waals surface area contributed by atoms with Crippen LogP contribution in [0.4, 0.5) is 0 Å². The molecule has 1 rings (SSSR count). The fourth-order valence-corrected chi connectivity index (χ4v) is 1.64. The first kappa shape index (κ1) is 11.3. The molecule has 0 radical (unpaired) electrons. The molecule has 0 saturated heterocycles. The molecule has 0 aliphatic heterocycles. The van der Waals surface area contributed by atoms with Crippen LogP contribution in [-0.4, -0.2) is 7.11 Å². The second kappa shape index (κ2) is 5.23. The van der Waals surface area contributed by atoms with Crippen molar-refractivity contribution in [3.05, 3.63) is 28.8 Å². The Balaban J connectivity index is 2.97.